The van der Waals surface area contributed by atoms with Crippen molar-refractivity contribution in [2.45, 2.75) is 39.0 Å². The van der Waals surface area contributed by atoms with E-state index in [2.05, 4.69) is 16.0 Å². The Bertz CT molecular complexity index is 932. The molecule has 0 aromatic heterocycles. The molecule has 9 nitrogen and oxygen atoms in total. The summed E-state index contributed by atoms with van der Waals surface area (Å²) < 4.78 is 10.5. The molecule has 1 atom stereocenters. The highest BCUT2D eigenvalue weighted by Crippen LogP contribution is 2.13. The van der Waals surface area contributed by atoms with Gasteiger partial charge in [-0.3, -0.25) is 4.79 Å². The smallest absolute Gasteiger partial charge is 0.408 e. The first-order valence-corrected chi connectivity index (χ1v) is 11.6. The third-order valence-corrected chi connectivity index (χ3v) is 4.82. The van der Waals surface area contributed by atoms with Crippen LogP contribution in [0.2, 0.25) is 0 Å². The summed E-state index contributed by atoms with van der Waals surface area (Å²) in [7, 11) is 1.89. The second-order valence-corrected chi connectivity index (χ2v) is 9.07. The molecule has 9 heteroatoms. The fourth-order valence-corrected chi connectivity index (χ4v) is 3.08. The number of hydrogen-bond donors (Lipinski definition) is 3. The Morgan fingerprint density at radius 3 is 2.03 bits per heavy atom. The number of benzene rings is 2. The first kappa shape index (κ1) is 27.7. The Hall–Kier alpha value is -3.59. The van der Waals surface area contributed by atoms with E-state index >= 15 is 0 Å². The van der Waals surface area contributed by atoms with E-state index in [1.807, 2.05) is 69.1 Å². The summed E-state index contributed by atoms with van der Waals surface area (Å²) in [5.74, 6) is -0.340. The number of ether oxygens (including phenoxy) is 2. The zero-order chi connectivity index (χ0) is 25.7. The molecule has 2 aromatic carbocycles. The van der Waals surface area contributed by atoms with E-state index in [1.165, 1.54) is 0 Å². The summed E-state index contributed by atoms with van der Waals surface area (Å²) >= 11 is 0. The Morgan fingerprint density at radius 1 is 0.857 bits per heavy atom. The molecule has 0 saturated carbocycles. The Kier molecular flexibility index (Phi) is 11.0. The molecule has 2 rings (SSSR count). The van der Waals surface area contributed by atoms with Crippen LogP contribution in [-0.2, 0) is 20.9 Å². The molecular weight excluding hydrogens is 448 g/mol. The molecule has 0 heterocycles. The molecular formula is C26H36N4O5. The van der Waals surface area contributed by atoms with Crippen LogP contribution < -0.4 is 16.0 Å². The molecule has 1 unspecified atom stereocenters. The average Bonchev–Trinajstić information content (AvgIpc) is 2.81. The number of rotatable bonds is 11. The van der Waals surface area contributed by atoms with Crippen molar-refractivity contribution in [3.63, 3.8) is 0 Å². The predicted molar refractivity (Wildman–Crippen MR) is 134 cm³/mol. The highest BCUT2D eigenvalue weighted by Gasteiger charge is 2.23. The second-order valence-electron chi connectivity index (χ2n) is 9.07. The van der Waals surface area contributed by atoms with Gasteiger partial charge in [0, 0.05) is 26.2 Å². The van der Waals surface area contributed by atoms with E-state index in [0.717, 1.165) is 5.56 Å². The van der Waals surface area contributed by atoms with Gasteiger partial charge in [-0.15, -0.1) is 0 Å². The summed E-state index contributed by atoms with van der Waals surface area (Å²) in [5, 5.41) is 8.22. The maximum absolute atomic E-state index is 12.9. The minimum Gasteiger partial charge on any atom is -0.445 e. The quantitative estimate of drug-likeness (QED) is 0.452. The number of carbonyl (C=O) groups excluding carboxylic acids is 3. The number of hydrogen-bond acceptors (Lipinski definition) is 6. The van der Waals surface area contributed by atoms with Gasteiger partial charge in [0.15, 0.2) is 0 Å². The van der Waals surface area contributed by atoms with Crippen molar-refractivity contribution in [2.24, 2.45) is 0 Å². The van der Waals surface area contributed by atoms with E-state index in [1.54, 1.807) is 24.3 Å². The topological polar surface area (TPSA) is 109 Å². The number of carbonyl (C=O) groups is 3. The van der Waals surface area contributed by atoms with E-state index in [9.17, 15) is 14.4 Å². The highest BCUT2D eigenvalue weighted by atomic mass is 16.6. The molecule has 2 aromatic rings. The van der Waals surface area contributed by atoms with Gasteiger partial charge < -0.3 is 30.3 Å². The first-order chi connectivity index (χ1) is 16.6. The van der Waals surface area contributed by atoms with Gasteiger partial charge in [-0.25, -0.2) is 9.59 Å². The van der Waals surface area contributed by atoms with Crippen LogP contribution in [0.1, 0.15) is 37.9 Å². The van der Waals surface area contributed by atoms with Gasteiger partial charge in [0.1, 0.15) is 18.2 Å². The molecule has 3 N–H and O–H groups in total. The van der Waals surface area contributed by atoms with Crippen LogP contribution in [0, 0.1) is 0 Å². The fourth-order valence-electron chi connectivity index (χ4n) is 3.08. The highest BCUT2D eigenvalue weighted by molar-refractivity contribution is 5.86. The lowest BCUT2D eigenvalue weighted by molar-refractivity contribution is -0.123. The monoisotopic (exact) mass is 484 g/mol. The molecule has 3 amide bonds. The molecule has 0 fully saturated rings. The van der Waals surface area contributed by atoms with Gasteiger partial charge in [0.05, 0.1) is 0 Å². The van der Waals surface area contributed by atoms with Crippen molar-refractivity contribution in [3.8, 4) is 0 Å². The lowest BCUT2D eigenvalue weighted by Gasteiger charge is -2.22. The van der Waals surface area contributed by atoms with Crippen LogP contribution in [0.5, 0.6) is 0 Å². The van der Waals surface area contributed by atoms with E-state index < -0.39 is 23.8 Å². The van der Waals surface area contributed by atoms with Crippen molar-refractivity contribution < 1.29 is 23.9 Å². The van der Waals surface area contributed by atoms with Crippen molar-refractivity contribution in [1.29, 1.82) is 0 Å². The molecule has 190 valence electrons. The molecule has 0 saturated heterocycles. The summed E-state index contributed by atoms with van der Waals surface area (Å²) in [6.07, 6.45) is -1.14. The third-order valence-electron chi connectivity index (χ3n) is 4.82. The van der Waals surface area contributed by atoms with Gasteiger partial charge in [0.2, 0.25) is 5.91 Å². The Labute approximate surface area is 207 Å². The zero-order valence-corrected chi connectivity index (χ0v) is 20.9. The van der Waals surface area contributed by atoms with Crippen LogP contribution in [0.3, 0.4) is 0 Å². The van der Waals surface area contributed by atoms with Crippen LogP contribution in [0.4, 0.5) is 9.59 Å². The molecule has 0 radical (unpaired) electrons. The summed E-state index contributed by atoms with van der Waals surface area (Å²) in [5.41, 5.74) is 0.960. The van der Waals surface area contributed by atoms with Crippen LogP contribution >= 0.6 is 0 Å². The third kappa shape index (κ3) is 11.4. The van der Waals surface area contributed by atoms with Gasteiger partial charge in [-0.05, 0) is 38.9 Å². The molecule has 0 aliphatic carbocycles. The van der Waals surface area contributed by atoms with Gasteiger partial charge in [-0.2, -0.15) is 0 Å². The van der Waals surface area contributed by atoms with Gasteiger partial charge >= 0.3 is 12.2 Å². The maximum atomic E-state index is 12.9. The Morgan fingerprint density at radius 2 is 1.43 bits per heavy atom. The van der Waals surface area contributed by atoms with Crippen LogP contribution in [-0.4, -0.2) is 61.8 Å². The molecule has 0 bridgehead atoms. The summed E-state index contributed by atoms with van der Waals surface area (Å²) in [6, 6.07) is 17.4. The molecule has 0 aliphatic rings. The van der Waals surface area contributed by atoms with E-state index in [0.29, 0.717) is 31.7 Å². The lowest BCUT2D eigenvalue weighted by Crippen LogP contribution is -2.43. The normalized spacial score (nSPS) is 11.9. The average molecular weight is 485 g/mol. The van der Waals surface area contributed by atoms with E-state index in [4.69, 9.17) is 9.47 Å². The summed E-state index contributed by atoms with van der Waals surface area (Å²) in [6.45, 7) is 7.46. The fraction of sp³-hybridized carbons (Fsp3) is 0.423. The van der Waals surface area contributed by atoms with Crippen LogP contribution in [0.15, 0.2) is 60.7 Å². The lowest BCUT2D eigenvalue weighted by atomic mass is 10.1. The van der Waals surface area contributed by atoms with Gasteiger partial charge in [-0.1, -0.05) is 60.7 Å². The molecule has 0 aliphatic heterocycles. The number of likely N-dealkylation sites (N-methyl/N-ethyl adjacent to an activating group) is 1. The zero-order valence-electron chi connectivity index (χ0n) is 20.9. The van der Waals surface area contributed by atoms with Crippen molar-refractivity contribution in [2.75, 3.05) is 33.2 Å². The molecule has 35 heavy (non-hydrogen) atoms. The van der Waals surface area contributed by atoms with Crippen molar-refractivity contribution in [3.05, 3.63) is 71.8 Å². The summed E-state index contributed by atoms with van der Waals surface area (Å²) in [4.78, 5) is 39.0. The standard InChI is InChI=1S/C26H36N4O5/c1-26(2,3)35-24(32)28-16-18-30(4)17-15-27-23(31)22(21-13-9-6-10-14-21)29-25(33)34-19-20-11-7-5-8-12-20/h5-14,22H,15-19H2,1-4H3,(H,27,31)(H,28,32)(H,29,33). The van der Waals surface area contributed by atoms with E-state index in [-0.39, 0.29) is 12.5 Å². The van der Waals surface area contributed by atoms with Crippen molar-refractivity contribution in [1.82, 2.24) is 20.9 Å². The number of alkyl carbamates (subject to hydrolysis) is 2. The van der Waals surface area contributed by atoms with Crippen molar-refractivity contribution >= 4 is 18.1 Å². The van der Waals surface area contributed by atoms with Gasteiger partial charge in [0.25, 0.3) is 0 Å². The Balaban J connectivity index is 1.80. The minimum absolute atomic E-state index is 0.109. The SMILES string of the molecule is CN(CCNC(=O)OC(C)(C)C)CCNC(=O)C(NC(=O)OCc1ccccc1)c1ccccc1. The first-order valence-electron chi connectivity index (χ1n) is 11.6. The maximum Gasteiger partial charge on any atom is 0.408 e. The number of nitrogens with one attached hydrogen (secondary N) is 3. The predicted octanol–water partition coefficient (Wildman–Crippen LogP) is 3.23. The number of nitrogens with zero attached hydrogens (tertiary/aromatic N) is 1. The largest absolute Gasteiger partial charge is 0.445 e. The number of amides is 3. The second kappa shape index (κ2) is 14.0. The molecule has 0 spiro atoms. The van der Waals surface area contributed by atoms with Crippen LogP contribution in [0.25, 0.3) is 0 Å². The minimum atomic E-state index is -0.890.